The molecular weight excluding hydrogens is 250 g/mol. The van der Waals surface area contributed by atoms with Gasteiger partial charge in [-0.05, 0) is 23.6 Å². The molecule has 104 valence electrons. The van der Waals surface area contributed by atoms with Gasteiger partial charge in [0, 0.05) is 17.8 Å². The maximum atomic E-state index is 12.2. The maximum absolute atomic E-state index is 12.2. The summed E-state index contributed by atoms with van der Waals surface area (Å²) in [6.07, 6.45) is 0. The van der Waals surface area contributed by atoms with Crippen molar-refractivity contribution in [3.8, 4) is 0 Å². The molecule has 0 aliphatic rings. The molecule has 0 saturated carbocycles. The molecule has 0 bridgehead atoms. The first-order chi connectivity index (χ1) is 9.56. The highest BCUT2D eigenvalue weighted by atomic mass is 16.1. The number of aromatic nitrogens is 1. The molecular formula is C16H19N3O. The van der Waals surface area contributed by atoms with Gasteiger partial charge in [0.05, 0.1) is 0 Å². The number of carbonyl (C=O) groups is 1. The van der Waals surface area contributed by atoms with Gasteiger partial charge in [-0.2, -0.15) is 0 Å². The van der Waals surface area contributed by atoms with E-state index in [1.165, 1.54) is 0 Å². The van der Waals surface area contributed by atoms with Gasteiger partial charge in [0.2, 0.25) is 0 Å². The van der Waals surface area contributed by atoms with Crippen LogP contribution < -0.4 is 11.1 Å². The molecule has 0 radical (unpaired) electrons. The number of nitrogens with two attached hydrogens (primary N) is 1. The minimum Gasteiger partial charge on any atom is -0.384 e. The smallest absolute Gasteiger partial charge is 0.251 e. The van der Waals surface area contributed by atoms with Crippen molar-refractivity contribution in [3.63, 3.8) is 0 Å². The number of amides is 1. The van der Waals surface area contributed by atoms with Gasteiger partial charge in [-0.1, -0.05) is 44.2 Å². The van der Waals surface area contributed by atoms with Crippen molar-refractivity contribution in [3.05, 3.63) is 59.3 Å². The van der Waals surface area contributed by atoms with E-state index in [1.54, 1.807) is 12.1 Å². The number of nitrogen functional groups attached to an aromatic ring is 1. The fourth-order valence-electron chi connectivity index (χ4n) is 1.88. The van der Waals surface area contributed by atoms with Crippen molar-refractivity contribution < 1.29 is 4.79 Å². The molecule has 0 unspecified atom stereocenters. The van der Waals surface area contributed by atoms with Gasteiger partial charge in [0.15, 0.2) is 0 Å². The standard InChI is InChI=1S/C16H19N3O/c1-11(2)14-8-13(9-15(17)19-14)16(20)18-10-12-6-4-3-5-7-12/h3-9,11H,10H2,1-2H3,(H2,17,19)(H,18,20). The molecule has 4 nitrogen and oxygen atoms in total. The Bertz CT molecular complexity index is 594. The average Bonchev–Trinajstić information content (AvgIpc) is 2.45. The number of pyridine rings is 1. The van der Waals surface area contributed by atoms with E-state index in [0.29, 0.717) is 17.9 Å². The van der Waals surface area contributed by atoms with Crippen LogP contribution in [-0.4, -0.2) is 10.9 Å². The molecule has 0 aliphatic carbocycles. The Hall–Kier alpha value is -2.36. The zero-order valence-corrected chi connectivity index (χ0v) is 11.8. The lowest BCUT2D eigenvalue weighted by atomic mass is 10.1. The molecule has 20 heavy (non-hydrogen) atoms. The van der Waals surface area contributed by atoms with Crippen LogP contribution in [0.1, 0.15) is 41.4 Å². The van der Waals surface area contributed by atoms with E-state index in [0.717, 1.165) is 11.3 Å². The van der Waals surface area contributed by atoms with E-state index in [-0.39, 0.29) is 11.8 Å². The van der Waals surface area contributed by atoms with Gasteiger partial charge in [0.1, 0.15) is 5.82 Å². The molecule has 0 saturated heterocycles. The van der Waals surface area contributed by atoms with Crippen LogP contribution in [0.5, 0.6) is 0 Å². The van der Waals surface area contributed by atoms with Crippen molar-refractivity contribution in [2.75, 3.05) is 5.73 Å². The molecule has 1 aromatic heterocycles. The Labute approximate surface area is 119 Å². The fourth-order valence-corrected chi connectivity index (χ4v) is 1.88. The molecule has 1 heterocycles. The van der Waals surface area contributed by atoms with Gasteiger partial charge in [-0.15, -0.1) is 0 Å². The SMILES string of the molecule is CC(C)c1cc(C(=O)NCc2ccccc2)cc(N)n1. The van der Waals surface area contributed by atoms with E-state index < -0.39 is 0 Å². The molecule has 3 N–H and O–H groups in total. The number of hydrogen-bond acceptors (Lipinski definition) is 3. The van der Waals surface area contributed by atoms with Crippen LogP contribution in [0.15, 0.2) is 42.5 Å². The normalized spacial score (nSPS) is 10.6. The topological polar surface area (TPSA) is 68.0 Å². The monoisotopic (exact) mass is 269 g/mol. The average molecular weight is 269 g/mol. The maximum Gasteiger partial charge on any atom is 0.251 e. The molecule has 1 amide bonds. The first-order valence-corrected chi connectivity index (χ1v) is 6.66. The highest BCUT2D eigenvalue weighted by Crippen LogP contribution is 2.16. The molecule has 4 heteroatoms. The molecule has 1 aromatic carbocycles. The third kappa shape index (κ3) is 3.57. The Morgan fingerprint density at radius 3 is 2.60 bits per heavy atom. The van der Waals surface area contributed by atoms with Crippen LogP contribution in [0, 0.1) is 0 Å². The second-order valence-electron chi connectivity index (χ2n) is 5.03. The van der Waals surface area contributed by atoms with E-state index in [4.69, 9.17) is 5.73 Å². The van der Waals surface area contributed by atoms with Crippen molar-refractivity contribution in [2.24, 2.45) is 0 Å². The van der Waals surface area contributed by atoms with Gasteiger partial charge in [-0.25, -0.2) is 4.98 Å². The summed E-state index contributed by atoms with van der Waals surface area (Å²) in [5.41, 5.74) is 8.19. The Morgan fingerprint density at radius 1 is 1.25 bits per heavy atom. The third-order valence-corrected chi connectivity index (χ3v) is 3.01. The number of carbonyl (C=O) groups excluding carboxylic acids is 1. The predicted molar refractivity (Wildman–Crippen MR) is 80.4 cm³/mol. The largest absolute Gasteiger partial charge is 0.384 e. The van der Waals surface area contributed by atoms with Crippen molar-refractivity contribution in [1.82, 2.24) is 10.3 Å². The summed E-state index contributed by atoms with van der Waals surface area (Å²) in [5, 5.41) is 2.89. The fraction of sp³-hybridized carbons (Fsp3) is 0.250. The molecule has 0 spiro atoms. The summed E-state index contributed by atoms with van der Waals surface area (Å²) in [6.45, 7) is 4.54. The lowest BCUT2D eigenvalue weighted by Gasteiger charge is -2.10. The van der Waals surface area contributed by atoms with E-state index in [9.17, 15) is 4.79 Å². The lowest BCUT2D eigenvalue weighted by Crippen LogP contribution is -2.23. The minimum absolute atomic E-state index is 0.134. The first kappa shape index (κ1) is 14.1. The Morgan fingerprint density at radius 2 is 1.95 bits per heavy atom. The number of benzene rings is 1. The van der Waals surface area contributed by atoms with Crippen LogP contribution in [0.2, 0.25) is 0 Å². The van der Waals surface area contributed by atoms with Gasteiger partial charge in [0.25, 0.3) is 5.91 Å². The summed E-state index contributed by atoms with van der Waals surface area (Å²) < 4.78 is 0. The van der Waals surface area contributed by atoms with Crippen molar-refractivity contribution in [1.29, 1.82) is 0 Å². The number of hydrogen-bond donors (Lipinski definition) is 2. The minimum atomic E-state index is -0.134. The molecule has 0 atom stereocenters. The summed E-state index contributed by atoms with van der Waals surface area (Å²) in [7, 11) is 0. The number of rotatable bonds is 4. The zero-order valence-electron chi connectivity index (χ0n) is 11.8. The summed E-state index contributed by atoms with van der Waals surface area (Å²) in [4.78, 5) is 16.4. The summed E-state index contributed by atoms with van der Waals surface area (Å²) in [5.74, 6) is 0.477. The summed E-state index contributed by atoms with van der Waals surface area (Å²) >= 11 is 0. The van der Waals surface area contributed by atoms with Crippen LogP contribution >= 0.6 is 0 Å². The third-order valence-electron chi connectivity index (χ3n) is 3.01. The van der Waals surface area contributed by atoms with Crippen LogP contribution in [-0.2, 0) is 6.54 Å². The van der Waals surface area contributed by atoms with Crippen LogP contribution in [0.3, 0.4) is 0 Å². The second kappa shape index (κ2) is 6.19. The summed E-state index contributed by atoms with van der Waals surface area (Å²) in [6, 6.07) is 13.2. The van der Waals surface area contributed by atoms with Crippen molar-refractivity contribution >= 4 is 11.7 Å². The molecule has 0 fully saturated rings. The quantitative estimate of drug-likeness (QED) is 0.896. The molecule has 2 rings (SSSR count). The Balaban J connectivity index is 2.09. The van der Waals surface area contributed by atoms with E-state index in [2.05, 4.69) is 10.3 Å². The number of nitrogens with zero attached hydrogens (tertiary/aromatic N) is 1. The van der Waals surface area contributed by atoms with E-state index in [1.807, 2.05) is 44.2 Å². The zero-order chi connectivity index (χ0) is 14.5. The molecule has 0 aliphatic heterocycles. The van der Waals surface area contributed by atoms with Crippen molar-refractivity contribution in [2.45, 2.75) is 26.3 Å². The highest BCUT2D eigenvalue weighted by Gasteiger charge is 2.10. The van der Waals surface area contributed by atoms with Gasteiger partial charge >= 0.3 is 0 Å². The Kier molecular flexibility index (Phi) is 4.35. The lowest BCUT2D eigenvalue weighted by molar-refractivity contribution is 0.0950. The van der Waals surface area contributed by atoms with E-state index >= 15 is 0 Å². The second-order valence-corrected chi connectivity index (χ2v) is 5.03. The predicted octanol–water partition coefficient (Wildman–Crippen LogP) is 2.72. The number of nitrogens with one attached hydrogen (secondary N) is 1. The molecule has 2 aromatic rings. The number of anilines is 1. The van der Waals surface area contributed by atoms with Gasteiger partial charge in [-0.3, -0.25) is 4.79 Å². The first-order valence-electron chi connectivity index (χ1n) is 6.66. The highest BCUT2D eigenvalue weighted by molar-refractivity contribution is 5.94. The van der Waals surface area contributed by atoms with Crippen LogP contribution in [0.4, 0.5) is 5.82 Å². The van der Waals surface area contributed by atoms with Crippen LogP contribution in [0.25, 0.3) is 0 Å². The van der Waals surface area contributed by atoms with Gasteiger partial charge < -0.3 is 11.1 Å².